The van der Waals surface area contributed by atoms with Gasteiger partial charge < -0.3 is 10.2 Å². The van der Waals surface area contributed by atoms with Crippen LogP contribution in [0.3, 0.4) is 0 Å². The van der Waals surface area contributed by atoms with Crippen LogP contribution in [0, 0.1) is 0 Å². The van der Waals surface area contributed by atoms with E-state index in [0.717, 1.165) is 12.0 Å². The number of benzene rings is 1. The zero-order valence-corrected chi connectivity index (χ0v) is 13.4. The van der Waals surface area contributed by atoms with E-state index in [1.54, 1.807) is 4.90 Å². The van der Waals surface area contributed by atoms with Crippen molar-refractivity contribution in [1.82, 2.24) is 10.2 Å². The van der Waals surface area contributed by atoms with Crippen molar-refractivity contribution in [3.05, 3.63) is 35.9 Å². The second-order valence-corrected chi connectivity index (χ2v) is 5.65. The largest absolute Gasteiger partial charge is 0.353 e. The van der Waals surface area contributed by atoms with Crippen LogP contribution in [0.2, 0.25) is 0 Å². The lowest BCUT2D eigenvalue weighted by Crippen LogP contribution is -2.41. The van der Waals surface area contributed by atoms with Gasteiger partial charge in [0.2, 0.25) is 11.8 Å². The average Bonchev–Trinajstić information content (AvgIpc) is 2.45. The average molecular weight is 290 g/mol. The molecule has 0 heterocycles. The highest BCUT2D eigenvalue weighted by molar-refractivity contribution is 5.97. The smallest absolute Gasteiger partial charge is 0.232 e. The molecule has 1 N–H and O–H groups in total. The predicted molar refractivity (Wildman–Crippen MR) is 84.6 cm³/mol. The van der Waals surface area contributed by atoms with Gasteiger partial charge in [0, 0.05) is 18.6 Å². The maximum atomic E-state index is 12.3. The molecule has 1 atom stereocenters. The van der Waals surface area contributed by atoms with Crippen LogP contribution in [0.4, 0.5) is 0 Å². The summed E-state index contributed by atoms with van der Waals surface area (Å²) < 4.78 is 0. The van der Waals surface area contributed by atoms with Crippen LogP contribution >= 0.6 is 0 Å². The van der Waals surface area contributed by atoms with Crippen LogP contribution in [0.25, 0.3) is 0 Å². The molecular formula is C17H26N2O2. The quantitative estimate of drug-likeness (QED) is 0.785. The van der Waals surface area contributed by atoms with Crippen molar-refractivity contribution in [2.75, 3.05) is 0 Å². The normalized spacial score (nSPS) is 12.0. The standard InChI is InChI=1S/C17H26N2O2/c1-5-14(4)18-16(20)11-17(21)19(13(2)3)12-15-9-7-6-8-10-15/h6-10,13-14H,5,11-12H2,1-4H3,(H,18,20). The SMILES string of the molecule is CCC(C)NC(=O)CC(=O)N(Cc1ccccc1)C(C)C. The van der Waals surface area contributed by atoms with Crippen LogP contribution in [0.5, 0.6) is 0 Å². The highest BCUT2D eigenvalue weighted by Gasteiger charge is 2.20. The van der Waals surface area contributed by atoms with Crippen LogP contribution in [0.15, 0.2) is 30.3 Å². The van der Waals surface area contributed by atoms with Crippen molar-refractivity contribution in [1.29, 1.82) is 0 Å². The van der Waals surface area contributed by atoms with E-state index in [2.05, 4.69) is 5.32 Å². The van der Waals surface area contributed by atoms with Gasteiger partial charge in [0.1, 0.15) is 6.42 Å². The molecule has 0 radical (unpaired) electrons. The Morgan fingerprint density at radius 2 is 1.76 bits per heavy atom. The van der Waals surface area contributed by atoms with Crippen LogP contribution in [-0.4, -0.2) is 28.8 Å². The van der Waals surface area contributed by atoms with Gasteiger partial charge in [-0.1, -0.05) is 37.3 Å². The minimum absolute atomic E-state index is 0.0640. The van der Waals surface area contributed by atoms with Gasteiger partial charge in [0.25, 0.3) is 0 Å². The summed E-state index contributed by atoms with van der Waals surface area (Å²) in [7, 11) is 0. The van der Waals surface area contributed by atoms with Crippen molar-refractivity contribution in [2.24, 2.45) is 0 Å². The summed E-state index contributed by atoms with van der Waals surface area (Å²) in [6.07, 6.45) is 0.771. The summed E-state index contributed by atoms with van der Waals surface area (Å²) in [5.74, 6) is -0.331. The Bertz CT molecular complexity index is 457. The molecule has 0 saturated carbocycles. The van der Waals surface area contributed by atoms with Crippen molar-refractivity contribution < 1.29 is 9.59 Å². The van der Waals surface area contributed by atoms with Gasteiger partial charge in [0.15, 0.2) is 0 Å². The first-order valence-corrected chi connectivity index (χ1v) is 7.56. The van der Waals surface area contributed by atoms with Crippen LogP contribution < -0.4 is 5.32 Å². The molecule has 2 amide bonds. The number of amides is 2. The summed E-state index contributed by atoms with van der Waals surface area (Å²) in [6.45, 7) is 8.41. The fourth-order valence-corrected chi connectivity index (χ4v) is 2.01. The Morgan fingerprint density at radius 3 is 2.29 bits per heavy atom. The number of rotatable bonds is 7. The Hall–Kier alpha value is -1.84. The van der Waals surface area contributed by atoms with Gasteiger partial charge in [-0.05, 0) is 32.8 Å². The molecule has 0 aliphatic heterocycles. The number of nitrogens with zero attached hydrogens (tertiary/aromatic N) is 1. The third-order valence-electron chi connectivity index (χ3n) is 3.47. The van der Waals surface area contributed by atoms with E-state index in [1.807, 2.05) is 58.0 Å². The zero-order chi connectivity index (χ0) is 15.8. The number of hydrogen-bond donors (Lipinski definition) is 1. The second-order valence-electron chi connectivity index (χ2n) is 5.65. The highest BCUT2D eigenvalue weighted by Crippen LogP contribution is 2.10. The van der Waals surface area contributed by atoms with Gasteiger partial charge in [-0.2, -0.15) is 0 Å². The molecule has 0 spiro atoms. The van der Waals surface area contributed by atoms with Gasteiger partial charge in [-0.3, -0.25) is 9.59 Å². The molecule has 0 aromatic heterocycles. The first kappa shape index (κ1) is 17.2. The van der Waals surface area contributed by atoms with Crippen molar-refractivity contribution in [2.45, 2.75) is 59.2 Å². The molecule has 0 aliphatic carbocycles. The summed E-state index contributed by atoms with van der Waals surface area (Å²) >= 11 is 0. The molecule has 4 nitrogen and oxygen atoms in total. The van der Waals surface area contributed by atoms with Crippen LogP contribution in [0.1, 0.15) is 46.1 Å². The monoisotopic (exact) mass is 290 g/mol. The molecule has 116 valence electrons. The van der Waals surface area contributed by atoms with Gasteiger partial charge in [-0.15, -0.1) is 0 Å². The summed E-state index contributed by atoms with van der Waals surface area (Å²) in [5.41, 5.74) is 1.07. The maximum Gasteiger partial charge on any atom is 0.232 e. The molecule has 0 fully saturated rings. The van der Waals surface area contributed by atoms with Gasteiger partial charge in [0.05, 0.1) is 0 Å². The Kier molecular flexibility index (Phi) is 6.92. The lowest BCUT2D eigenvalue weighted by atomic mass is 10.1. The summed E-state index contributed by atoms with van der Waals surface area (Å²) in [6, 6.07) is 10.00. The number of hydrogen-bond acceptors (Lipinski definition) is 2. The fourth-order valence-electron chi connectivity index (χ4n) is 2.01. The topological polar surface area (TPSA) is 49.4 Å². The minimum atomic E-state index is -0.201. The lowest BCUT2D eigenvalue weighted by molar-refractivity contribution is -0.138. The molecule has 1 rings (SSSR count). The van der Waals surface area contributed by atoms with E-state index in [4.69, 9.17) is 0 Å². The molecule has 1 unspecified atom stereocenters. The van der Waals surface area contributed by atoms with Gasteiger partial charge >= 0.3 is 0 Å². The maximum absolute atomic E-state index is 12.3. The molecule has 1 aromatic carbocycles. The van der Waals surface area contributed by atoms with E-state index in [-0.39, 0.29) is 30.3 Å². The molecule has 0 bridgehead atoms. The first-order valence-electron chi connectivity index (χ1n) is 7.56. The zero-order valence-electron chi connectivity index (χ0n) is 13.4. The highest BCUT2D eigenvalue weighted by atomic mass is 16.2. The Morgan fingerprint density at radius 1 is 1.14 bits per heavy atom. The van der Waals surface area contributed by atoms with Crippen LogP contribution in [-0.2, 0) is 16.1 Å². The second kappa shape index (κ2) is 8.45. The predicted octanol–water partition coefficient (Wildman–Crippen LogP) is 2.73. The van der Waals surface area contributed by atoms with E-state index >= 15 is 0 Å². The third-order valence-corrected chi connectivity index (χ3v) is 3.47. The first-order chi connectivity index (χ1) is 9.93. The third kappa shape index (κ3) is 5.98. The summed E-state index contributed by atoms with van der Waals surface area (Å²) in [4.78, 5) is 25.9. The van der Waals surface area contributed by atoms with Crippen molar-refractivity contribution in [3.63, 3.8) is 0 Å². The van der Waals surface area contributed by atoms with Gasteiger partial charge in [-0.25, -0.2) is 0 Å². The molecule has 1 aromatic rings. The molecule has 0 aliphatic rings. The number of carbonyl (C=O) groups excluding carboxylic acids is 2. The molecule has 4 heteroatoms. The molecule has 21 heavy (non-hydrogen) atoms. The number of nitrogens with one attached hydrogen (secondary N) is 1. The number of carbonyl (C=O) groups is 2. The molecular weight excluding hydrogens is 264 g/mol. The molecule has 0 saturated heterocycles. The Balaban J connectivity index is 2.64. The van der Waals surface area contributed by atoms with Crippen molar-refractivity contribution >= 4 is 11.8 Å². The van der Waals surface area contributed by atoms with E-state index < -0.39 is 0 Å². The minimum Gasteiger partial charge on any atom is -0.353 e. The fraction of sp³-hybridized carbons (Fsp3) is 0.529. The van der Waals surface area contributed by atoms with Crippen molar-refractivity contribution in [3.8, 4) is 0 Å². The summed E-state index contributed by atoms with van der Waals surface area (Å²) in [5, 5.41) is 2.83. The van der Waals surface area contributed by atoms with E-state index in [1.165, 1.54) is 0 Å². The van der Waals surface area contributed by atoms with E-state index in [9.17, 15) is 9.59 Å². The lowest BCUT2D eigenvalue weighted by Gasteiger charge is -2.27. The Labute approximate surface area is 127 Å². The van der Waals surface area contributed by atoms with E-state index in [0.29, 0.717) is 6.54 Å².